The van der Waals surface area contributed by atoms with Crippen molar-refractivity contribution >= 4 is 27.1 Å². The van der Waals surface area contributed by atoms with Gasteiger partial charge in [0, 0.05) is 26.3 Å². The minimum Gasteiger partial charge on any atom is -0.378 e. The second-order valence-corrected chi connectivity index (χ2v) is 7.62. The minimum absolute atomic E-state index is 0.234. The number of unbranched alkanes of at least 4 members (excludes halogenated alkanes) is 1. The average Bonchev–Trinajstić information content (AvgIpc) is 2.61. The largest absolute Gasteiger partial charge is 0.378 e. The zero-order valence-corrected chi connectivity index (χ0v) is 15.6. The third-order valence-electron chi connectivity index (χ3n) is 3.62. The zero-order chi connectivity index (χ0) is 18.3. The maximum absolute atomic E-state index is 12.1. The highest BCUT2D eigenvalue weighted by molar-refractivity contribution is 7.89. The number of nitrogens with zero attached hydrogens (tertiary/aromatic N) is 3. The maximum atomic E-state index is 12.1. The Morgan fingerprint density at radius 1 is 0.920 bits per heavy atom. The van der Waals surface area contributed by atoms with E-state index in [0.717, 1.165) is 24.2 Å². The Bertz CT molecular complexity index is 798. The van der Waals surface area contributed by atoms with Crippen molar-refractivity contribution in [2.24, 2.45) is 10.2 Å². The van der Waals surface area contributed by atoms with Crippen LogP contribution in [-0.4, -0.2) is 29.1 Å². The van der Waals surface area contributed by atoms with Crippen LogP contribution < -0.4 is 9.62 Å². The number of hydrogen-bond donors (Lipinski definition) is 1. The van der Waals surface area contributed by atoms with Crippen LogP contribution in [0.1, 0.15) is 19.8 Å². The zero-order valence-electron chi connectivity index (χ0n) is 14.8. The molecule has 0 aromatic heterocycles. The van der Waals surface area contributed by atoms with Gasteiger partial charge < -0.3 is 4.90 Å². The van der Waals surface area contributed by atoms with Crippen LogP contribution in [0.3, 0.4) is 0 Å². The van der Waals surface area contributed by atoms with Crippen molar-refractivity contribution in [2.75, 3.05) is 25.5 Å². The summed E-state index contributed by atoms with van der Waals surface area (Å²) in [6, 6.07) is 14.1. The Hall–Kier alpha value is -2.25. The van der Waals surface area contributed by atoms with Crippen LogP contribution in [0.25, 0.3) is 0 Å². The highest BCUT2D eigenvalue weighted by Crippen LogP contribution is 2.22. The fourth-order valence-corrected chi connectivity index (χ4v) is 3.17. The van der Waals surface area contributed by atoms with E-state index in [-0.39, 0.29) is 4.90 Å². The van der Waals surface area contributed by atoms with Gasteiger partial charge in [-0.3, -0.25) is 0 Å². The Morgan fingerprint density at radius 3 is 1.92 bits per heavy atom. The van der Waals surface area contributed by atoms with E-state index in [9.17, 15) is 8.42 Å². The quantitative estimate of drug-likeness (QED) is 0.565. The van der Waals surface area contributed by atoms with Gasteiger partial charge in [-0.25, -0.2) is 13.1 Å². The minimum atomic E-state index is -3.46. The molecule has 0 unspecified atom stereocenters. The van der Waals surface area contributed by atoms with Crippen molar-refractivity contribution in [3.8, 4) is 0 Å². The molecule has 0 aliphatic rings. The summed E-state index contributed by atoms with van der Waals surface area (Å²) in [5.74, 6) is 0. The molecular formula is C18H24N4O2S. The van der Waals surface area contributed by atoms with Crippen LogP contribution in [0, 0.1) is 0 Å². The van der Waals surface area contributed by atoms with Crippen LogP contribution >= 0.6 is 0 Å². The van der Waals surface area contributed by atoms with E-state index in [1.165, 1.54) is 12.1 Å². The van der Waals surface area contributed by atoms with E-state index < -0.39 is 10.0 Å². The van der Waals surface area contributed by atoms with Gasteiger partial charge in [0.25, 0.3) is 0 Å². The first kappa shape index (κ1) is 19.1. The molecule has 0 spiro atoms. The van der Waals surface area contributed by atoms with E-state index in [1.54, 1.807) is 12.1 Å². The predicted molar refractivity (Wildman–Crippen MR) is 101 cm³/mol. The average molecular weight is 360 g/mol. The highest BCUT2D eigenvalue weighted by atomic mass is 32.2. The van der Waals surface area contributed by atoms with Crippen molar-refractivity contribution in [3.05, 3.63) is 48.5 Å². The standard InChI is InChI=1S/C18H24N4O2S/c1-4-5-14-19-25(23,24)18-12-8-16(9-13-18)21-20-15-6-10-17(11-7-15)22(2)3/h6-13,19H,4-5,14H2,1-3H3. The van der Waals surface area contributed by atoms with Crippen molar-refractivity contribution in [1.82, 2.24) is 4.72 Å². The van der Waals surface area contributed by atoms with Crippen LogP contribution in [0.2, 0.25) is 0 Å². The molecule has 0 heterocycles. The monoisotopic (exact) mass is 360 g/mol. The lowest BCUT2D eigenvalue weighted by Gasteiger charge is -2.11. The Labute approximate surface area is 149 Å². The van der Waals surface area contributed by atoms with Crippen molar-refractivity contribution in [3.63, 3.8) is 0 Å². The number of rotatable bonds is 8. The lowest BCUT2D eigenvalue weighted by Crippen LogP contribution is -2.24. The molecular weight excluding hydrogens is 336 g/mol. The Balaban J connectivity index is 2.04. The Morgan fingerprint density at radius 2 is 1.44 bits per heavy atom. The summed E-state index contributed by atoms with van der Waals surface area (Å²) in [5.41, 5.74) is 2.43. The molecule has 2 rings (SSSR count). The van der Waals surface area contributed by atoms with Gasteiger partial charge in [-0.2, -0.15) is 10.2 Å². The first-order valence-electron chi connectivity index (χ1n) is 8.21. The predicted octanol–water partition coefficient (Wildman–Crippen LogP) is 4.25. The number of hydrogen-bond acceptors (Lipinski definition) is 5. The van der Waals surface area contributed by atoms with Gasteiger partial charge in [0.1, 0.15) is 0 Å². The van der Waals surface area contributed by atoms with Crippen molar-refractivity contribution in [1.29, 1.82) is 0 Å². The topological polar surface area (TPSA) is 74.1 Å². The third kappa shape index (κ3) is 5.65. The summed E-state index contributed by atoms with van der Waals surface area (Å²) in [6.45, 7) is 2.46. The van der Waals surface area contributed by atoms with Crippen LogP contribution in [0.5, 0.6) is 0 Å². The van der Waals surface area contributed by atoms with Crippen LogP contribution in [0.15, 0.2) is 63.7 Å². The molecule has 7 heteroatoms. The van der Waals surface area contributed by atoms with E-state index in [1.807, 2.05) is 50.2 Å². The fraction of sp³-hybridized carbons (Fsp3) is 0.333. The molecule has 0 bridgehead atoms. The molecule has 25 heavy (non-hydrogen) atoms. The van der Waals surface area contributed by atoms with Gasteiger partial charge in [0.2, 0.25) is 10.0 Å². The maximum Gasteiger partial charge on any atom is 0.240 e. The van der Waals surface area contributed by atoms with Crippen LogP contribution in [-0.2, 0) is 10.0 Å². The lowest BCUT2D eigenvalue weighted by atomic mass is 10.3. The van der Waals surface area contributed by atoms with Gasteiger partial charge in [-0.05, 0) is 55.0 Å². The molecule has 0 atom stereocenters. The molecule has 2 aromatic carbocycles. The van der Waals surface area contributed by atoms with E-state index >= 15 is 0 Å². The second-order valence-electron chi connectivity index (χ2n) is 5.86. The fourth-order valence-electron chi connectivity index (χ4n) is 2.09. The van der Waals surface area contributed by atoms with Gasteiger partial charge in [0.15, 0.2) is 0 Å². The highest BCUT2D eigenvalue weighted by Gasteiger charge is 2.12. The van der Waals surface area contributed by atoms with E-state index in [4.69, 9.17) is 0 Å². The second kappa shape index (κ2) is 8.73. The molecule has 0 saturated heterocycles. The summed E-state index contributed by atoms with van der Waals surface area (Å²) in [4.78, 5) is 2.24. The summed E-state index contributed by atoms with van der Waals surface area (Å²) < 4.78 is 26.8. The first-order chi connectivity index (χ1) is 11.9. The normalized spacial score (nSPS) is 11.8. The number of nitrogens with one attached hydrogen (secondary N) is 1. The lowest BCUT2D eigenvalue weighted by molar-refractivity contribution is 0.578. The number of azo groups is 1. The molecule has 0 radical (unpaired) electrons. The number of anilines is 1. The Kier molecular flexibility index (Phi) is 6.66. The summed E-state index contributed by atoms with van der Waals surface area (Å²) >= 11 is 0. The number of sulfonamides is 1. The van der Waals surface area contributed by atoms with Crippen molar-refractivity contribution in [2.45, 2.75) is 24.7 Å². The van der Waals surface area contributed by atoms with E-state index in [0.29, 0.717) is 12.2 Å². The first-order valence-corrected chi connectivity index (χ1v) is 9.69. The summed E-state index contributed by atoms with van der Waals surface area (Å²) in [7, 11) is 0.495. The van der Waals surface area contributed by atoms with Gasteiger partial charge in [0.05, 0.1) is 16.3 Å². The third-order valence-corrected chi connectivity index (χ3v) is 5.09. The number of benzene rings is 2. The molecule has 2 aromatic rings. The molecule has 0 amide bonds. The van der Waals surface area contributed by atoms with Crippen molar-refractivity contribution < 1.29 is 8.42 Å². The molecule has 0 fully saturated rings. The molecule has 0 aliphatic carbocycles. The summed E-state index contributed by atoms with van der Waals surface area (Å²) in [6.07, 6.45) is 1.76. The SMILES string of the molecule is CCCCNS(=O)(=O)c1ccc(N=Nc2ccc(N(C)C)cc2)cc1. The molecule has 0 saturated carbocycles. The van der Waals surface area contributed by atoms with Gasteiger partial charge in [-0.15, -0.1) is 0 Å². The van der Waals surface area contributed by atoms with Gasteiger partial charge in [-0.1, -0.05) is 13.3 Å². The smallest absolute Gasteiger partial charge is 0.240 e. The molecule has 1 N–H and O–H groups in total. The van der Waals surface area contributed by atoms with Gasteiger partial charge >= 0.3 is 0 Å². The van der Waals surface area contributed by atoms with E-state index in [2.05, 4.69) is 15.0 Å². The molecule has 0 aliphatic heterocycles. The molecule has 134 valence electrons. The molecule has 6 nitrogen and oxygen atoms in total. The van der Waals surface area contributed by atoms with Crippen LogP contribution in [0.4, 0.5) is 17.1 Å². The summed E-state index contributed by atoms with van der Waals surface area (Å²) in [5, 5.41) is 8.32.